The molecule has 0 heterocycles. The molecule has 4 fully saturated rings. The van der Waals surface area contributed by atoms with E-state index in [2.05, 4.69) is 13.8 Å². The number of carboxylic acids is 1. The Morgan fingerprint density at radius 2 is 1.59 bits per heavy atom. The van der Waals surface area contributed by atoms with Crippen LogP contribution < -0.4 is 5.73 Å². The topological polar surface area (TPSA) is 63.3 Å². The van der Waals surface area contributed by atoms with Crippen LogP contribution in [0, 0.1) is 16.2 Å². The highest BCUT2D eigenvalue weighted by molar-refractivity contribution is 5.68. The van der Waals surface area contributed by atoms with E-state index < -0.39 is 5.97 Å². The Labute approximate surface area is 103 Å². The van der Waals surface area contributed by atoms with Gasteiger partial charge in [0.1, 0.15) is 0 Å². The summed E-state index contributed by atoms with van der Waals surface area (Å²) in [5.41, 5.74) is 7.03. The molecule has 4 atom stereocenters. The van der Waals surface area contributed by atoms with Crippen molar-refractivity contribution in [2.24, 2.45) is 22.0 Å². The fourth-order valence-electron chi connectivity index (χ4n) is 6.55. The lowest BCUT2D eigenvalue weighted by Gasteiger charge is -2.68. The molecule has 2 unspecified atom stereocenters. The molecule has 0 aliphatic heterocycles. The van der Waals surface area contributed by atoms with Gasteiger partial charge in [-0.2, -0.15) is 0 Å². The number of aliphatic carboxylic acids is 1. The number of rotatable bonds is 2. The maximum atomic E-state index is 11.2. The third kappa shape index (κ3) is 1.70. The summed E-state index contributed by atoms with van der Waals surface area (Å²) < 4.78 is 0. The molecule has 0 aromatic heterocycles. The molecule has 3 nitrogen and oxygen atoms in total. The first kappa shape index (κ1) is 11.5. The highest BCUT2D eigenvalue weighted by atomic mass is 16.4. The van der Waals surface area contributed by atoms with Crippen molar-refractivity contribution in [1.82, 2.24) is 0 Å². The van der Waals surface area contributed by atoms with Crippen molar-refractivity contribution in [3.8, 4) is 0 Å². The Hall–Kier alpha value is -0.570. The van der Waals surface area contributed by atoms with E-state index in [1.54, 1.807) is 0 Å². The van der Waals surface area contributed by atoms with Crippen molar-refractivity contribution in [3.05, 3.63) is 0 Å². The van der Waals surface area contributed by atoms with Crippen LogP contribution in [0.5, 0.6) is 0 Å². The van der Waals surface area contributed by atoms with Gasteiger partial charge in [0.2, 0.25) is 0 Å². The van der Waals surface area contributed by atoms with Crippen molar-refractivity contribution in [3.63, 3.8) is 0 Å². The first-order valence-electron chi connectivity index (χ1n) is 6.67. The maximum Gasteiger partial charge on any atom is 0.303 e. The first-order chi connectivity index (χ1) is 7.66. The van der Waals surface area contributed by atoms with Gasteiger partial charge in [-0.25, -0.2) is 0 Å². The van der Waals surface area contributed by atoms with Crippen molar-refractivity contribution < 1.29 is 9.90 Å². The molecule has 4 rings (SSSR count). The predicted molar refractivity (Wildman–Crippen MR) is 65.5 cm³/mol. The second-order valence-corrected chi connectivity index (χ2v) is 8.11. The van der Waals surface area contributed by atoms with Crippen LogP contribution in [0.2, 0.25) is 0 Å². The summed E-state index contributed by atoms with van der Waals surface area (Å²) in [6.45, 7) is 4.64. The van der Waals surface area contributed by atoms with Gasteiger partial charge in [0.15, 0.2) is 0 Å². The summed E-state index contributed by atoms with van der Waals surface area (Å²) in [6, 6.07) is 0. The number of carboxylic acid groups (broad SMARTS) is 1. The molecule has 0 aromatic rings. The fraction of sp³-hybridized carbons (Fsp3) is 0.929. The molecule has 0 saturated heterocycles. The quantitative estimate of drug-likeness (QED) is 0.775. The van der Waals surface area contributed by atoms with Crippen LogP contribution in [0.25, 0.3) is 0 Å². The molecule has 4 aliphatic carbocycles. The molecule has 4 bridgehead atoms. The van der Waals surface area contributed by atoms with Crippen molar-refractivity contribution >= 4 is 5.97 Å². The summed E-state index contributed by atoms with van der Waals surface area (Å²) in [7, 11) is 0. The first-order valence-corrected chi connectivity index (χ1v) is 6.67. The number of carbonyl (C=O) groups is 1. The van der Waals surface area contributed by atoms with Crippen LogP contribution in [0.1, 0.15) is 58.8 Å². The molecular formula is C14H23NO2. The van der Waals surface area contributed by atoms with Crippen LogP contribution in [0.4, 0.5) is 0 Å². The average Bonchev–Trinajstić information content (AvgIpc) is 1.87. The summed E-state index contributed by atoms with van der Waals surface area (Å²) in [6.07, 6.45) is 6.81. The van der Waals surface area contributed by atoms with E-state index in [-0.39, 0.29) is 21.8 Å². The molecule has 0 amide bonds. The van der Waals surface area contributed by atoms with Gasteiger partial charge in [0, 0.05) is 5.54 Å². The van der Waals surface area contributed by atoms with E-state index >= 15 is 0 Å². The molecule has 0 spiro atoms. The SMILES string of the molecule is C[C@]12CC3(N)CC(CC(=O)O)(C1)C[C@@](C)(C3)C2. The maximum absolute atomic E-state index is 11.2. The fourth-order valence-corrected chi connectivity index (χ4v) is 6.55. The van der Waals surface area contributed by atoms with Gasteiger partial charge in [0.25, 0.3) is 0 Å². The van der Waals surface area contributed by atoms with Crippen molar-refractivity contribution in [2.45, 2.75) is 64.3 Å². The molecule has 4 saturated carbocycles. The van der Waals surface area contributed by atoms with E-state index in [1.165, 1.54) is 6.42 Å². The van der Waals surface area contributed by atoms with E-state index in [1.807, 2.05) is 0 Å². The molecular weight excluding hydrogens is 214 g/mol. The van der Waals surface area contributed by atoms with E-state index in [0.29, 0.717) is 6.42 Å². The second kappa shape index (κ2) is 2.87. The normalized spacial score (nSPS) is 56.2. The zero-order valence-corrected chi connectivity index (χ0v) is 10.9. The van der Waals surface area contributed by atoms with Gasteiger partial charge in [-0.15, -0.1) is 0 Å². The van der Waals surface area contributed by atoms with Crippen LogP contribution in [0.3, 0.4) is 0 Å². The van der Waals surface area contributed by atoms with Crippen molar-refractivity contribution in [1.29, 1.82) is 0 Å². The minimum atomic E-state index is -0.650. The second-order valence-electron chi connectivity index (χ2n) is 8.11. The molecule has 4 aliphatic rings. The Kier molecular flexibility index (Phi) is 1.95. The third-order valence-electron chi connectivity index (χ3n) is 5.27. The van der Waals surface area contributed by atoms with E-state index in [4.69, 9.17) is 5.73 Å². The number of hydrogen-bond acceptors (Lipinski definition) is 2. The van der Waals surface area contributed by atoms with Crippen LogP contribution in [-0.2, 0) is 4.79 Å². The van der Waals surface area contributed by atoms with Gasteiger partial charge in [0.05, 0.1) is 6.42 Å². The molecule has 0 radical (unpaired) electrons. The van der Waals surface area contributed by atoms with Gasteiger partial charge < -0.3 is 10.8 Å². The van der Waals surface area contributed by atoms with Crippen LogP contribution in [-0.4, -0.2) is 16.6 Å². The van der Waals surface area contributed by atoms with Gasteiger partial charge in [-0.05, 0) is 54.8 Å². The number of nitrogens with two attached hydrogens (primary N) is 1. The summed E-state index contributed by atoms with van der Waals surface area (Å²) >= 11 is 0. The Balaban J connectivity index is 2.01. The van der Waals surface area contributed by atoms with Crippen LogP contribution >= 0.6 is 0 Å². The molecule has 3 N–H and O–H groups in total. The summed E-state index contributed by atoms with van der Waals surface area (Å²) in [5, 5.41) is 9.18. The predicted octanol–water partition coefficient (Wildman–Crippen LogP) is 2.54. The van der Waals surface area contributed by atoms with Crippen LogP contribution in [0.15, 0.2) is 0 Å². The van der Waals surface area contributed by atoms with E-state index in [0.717, 1.165) is 32.1 Å². The van der Waals surface area contributed by atoms with Gasteiger partial charge >= 0.3 is 5.97 Å². The Morgan fingerprint density at radius 1 is 1.06 bits per heavy atom. The zero-order valence-electron chi connectivity index (χ0n) is 10.9. The van der Waals surface area contributed by atoms with Gasteiger partial charge in [-0.1, -0.05) is 13.8 Å². The summed E-state index contributed by atoms with van der Waals surface area (Å²) in [4.78, 5) is 11.2. The minimum Gasteiger partial charge on any atom is -0.481 e. The average molecular weight is 237 g/mol. The van der Waals surface area contributed by atoms with Crippen molar-refractivity contribution in [2.75, 3.05) is 0 Å². The highest BCUT2D eigenvalue weighted by Gasteiger charge is 2.64. The molecule has 17 heavy (non-hydrogen) atoms. The standard InChI is InChI=1S/C14H23NO2/c1-11-4-12(2)6-13(5-11,3-10(16)17)9-14(15,7-11)8-12/h3-9,15H2,1-2H3,(H,16,17)/t11-,12+,13?,14?. The highest BCUT2D eigenvalue weighted by Crippen LogP contribution is 2.70. The third-order valence-corrected chi connectivity index (χ3v) is 5.27. The Morgan fingerprint density at radius 3 is 2.00 bits per heavy atom. The lowest BCUT2D eigenvalue weighted by atomic mass is 9.38. The zero-order chi connectivity index (χ0) is 12.5. The molecule has 0 aromatic carbocycles. The molecule has 96 valence electrons. The smallest absolute Gasteiger partial charge is 0.303 e. The lowest BCUT2D eigenvalue weighted by Crippen LogP contribution is -2.66. The van der Waals surface area contributed by atoms with E-state index in [9.17, 15) is 9.90 Å². The number of hydrogen-bond donors (Lipinski definition) is 2. The van der Waals surface area contributed by atoms with Gasteiger partial charge in [-0.3, -0.25) is 4.79 Å². The largest absolute Gasteiger partial charge is 0.481 e. The molecule has 3 heteroatoms. The monoisotopic (exact) mass is 237 g/mol. The minimum absolute atomic E-state index is 0.0150. The lowest BCUT2D eigenvalue weighted by molar-refractivity contribution is -0.170. The Bertz CT molecular complexity index is 336. The summed E-state index contributed by atoms with van der Waals surface area (Å²) in [5.74, 6) is -0.650.